The van der Waals surface area contributed by atoms with Gasteiger partial charge in [-0.3, -0.25) is 13.7 Å². The van der Waals surface area contributed by atoms with E-state index in [-0.39, 0.29) is 11.9 Å². The lowest BCUT2D eigenvalue weighted by atomic mass is 10.1. The van der Waals surface area contributed by atoms with Crippen molar-refractivity contribution in [1.82, 2.24) is 15.1 Å². The Kier molecular flexibility index (Phi) is 5.27. The number of nitrogens with one attached hydrogen (secondary N) is 1. The summed E-state index contributed by atoms with van der Waals surface area (Å²) in [6.07, 6.45) is 5.22. The Morgan fingerprint density at radius 1 is 1.43 bits per heavy atom. The molecule has 0 aliphatic carbocycles. The third-order valence-electron chi connectivity index (χ3n) is 2.96. The molecule has 2 atom stereocenters. The van der Waals surface area contributed by atoms with Crippen LogP contribution in [0.15, 0.2) is 42.7 Å². The second-order valence-electron chi connectivity index (χ2n) is 5.02. The van der Waals surface area contributed by atoms with Gasteiger partial charge in [0.05, 0.1) is 6.54 Å². The Morgan fingerprint density at radius 3 is 2.90 bits per heavy atom. The second kappa shape index (κ2) is 7.17. The predicted molar refractivity (Wildman–Crippen MR) is 83.4 cm³/mol. The molecule has 0 saturated heterocycles. The summed E-state index contributed by atoms with van der Waals surface area (Å²) in [5.74, 6) is 0.336. The van der Waals surface area contributed by atoms with Gasteiger partial charge < -0.3 is 5.32 Å². The van der Waals surface area contributed by atoms with Gasteiger partial charge in [-0.2, -0.15) is 5.10 Å². The van der Waals surface area contributed by atoms with E-state index in [0.717, 1.165) is 5.56 Å². The highest BCUT2D eigenvalue weighted by Crippen LogP contribution is 2.08. The van der Waals surface area contributed by atoms with Gasteiger partial charge in [0.15, 0.2) is 0 Å². The molecule has 1 N–H and O–H groups in total. The quantitative estimate of drug-likeness (QED) is 0.881. The lowest BCUT2D eigenvalue weighted by molar-refractivity contribution is 0.0936. The van der Waals surface area contributed by atoms with Gasteiger partial charge in [-0.1, -0.05) is 12.1 Å². The monoisotopic (exact) mass is 305 g/mol. The topological polar surface area (TPSA) is 64.0 Å². The van der Waals surface area contributed by atoms with Crippen LogP contribution in [-0.2, 0) is 23.1 Å². The minimum atomic E-state index is -0.914. The van der Waals surface area contributed by atoms with Crippen LogP contribution in [0.4, 0.5) is 0 Å². The molecule has 5 nitrogen and oxygen atoms in total. The third-order valence-corrected chi connectivity index (χ3v) is 3.70. The largest absolute Gasteiger partial charge is 0.348 e. The zero-order chi connectivity index (χ0) is 15.2. The highest BCUT2D eigenvalue weighted by atomic mass is 32.2. The normalized spacial score (nSPS) is 13.6. The molecule has 0 aliphatic heterocycles. The van der Waals surface area contributed by atoms with E-state index in [1.807, 2.05) is 31.3 Å². The molecule has 0 bridgehead atoms. The van der Waals surface area contributed by atoms with Crippen LogP contribution in [0, 0.1) is 0 Å². The summed E-state index contributed by atoms with van der Waals surface area (Å²) < 4.78 is 13.0. The predicted octanol–water partition coefficient (Wildman–Crippen LogP) is 1.58. The van der Waals surface area contributed by atoms with E-state index in [2.05, 4.69) is 10.4 Å². The summed E-state index contributed by atoms with van der Waals surface area (Å²) >= 11 is 0. The van der Waals surface area contributed by atoms with E-state index < -0.39 is 10.8 Å². The maximum Gasteiger partial charge on any atom is 0.251 e. The molecular weight excluding hydrogens is 286 g/mol. The van der Waals surface area contributed by atoms with Gasteiger partial charge in [-0.25, -0.2) is 0 Å². The summed E-state index contributed by atoms with van der Waals surface area (Å²) in [5.41, 5.74) is 1.49. The first-order chi connectivity index (χ1) is 10.0. The number of hydrogen-bond acceptors (Lipinski definition) is 3. The summed E-state index contributed by atoms with van der Waals surface area (Å²) in [7, 11) is -0.914. The van der Waals surface area contributed by atoms with E-state index in [0.29, 0.717) is 17.9 Å². The van der Waals surface area contributed by atoms with Crippen molar-refractivity contribution in [1.29, 1.82) is 0 Å². The maximum absolute atomic E-state index is 12.2. The SMILES string of the molecule is CC(Cn1cccn1)NC(=O)c1cccc(CS(C)=O)c1. The molecule has 1 amide bonds. The van der Waals surface area contributed by atoms with Crippen molar-refractivity contribution < 1.29 is 9.00 Å². The molecule has 0 spiro atoms. The summed E-state index contributed by atoms with van der Waals surface area (Å²) in [5, 5.41) is 7.05. The van der Waals surface area contributed by atoms with Gasteiger partial charge in [0, 0.05) is 46.8 Å². The minimum Gasteiger partial charge on any atom is -0.348 e. The summed E-state index contributed by atoms with van der Waals surface area (Å²) in [4.78, 5) is 12.2. The van der Waals surface area contributed by atoms with Crippen LogP contribution in [0.25, 0.3) is 0 Å². The van der Waals surface area contributed by atoms with Crippen LogP contribution in [-0.4, -0.2) is 32.2 Å². The van der Waals surface area contributed by atoms with Crippen LogP contribution >= 0.6 is 0 Å². The number of hydrogen-bond donors (Lipinski definition) is 1. The molecule has 6 heteroatoms. The lowest BCUT2D eigenvalue weighted by Gasteiger charge is -2.14. The van der Waals surface area contributed by atoms with Crippen molar-refractivity contribution in [2.24, 2.45) is 0 Å². The molecule has 0 fully saturated rings. The average Bonchev–Trinajstić information content (AvgIpc) is 2.90. The van der Waals surface area contributed by atoms with Gasteiger partial charge in [0.2, 0.25) is 0 Å². The van der Waals surface area contributed by atoms with Gasteiger partial charge in [0.25, 0.3) is 5.91 Å². The number of nitrogens with zero attached hydrogens (tertiary/aromatic N) is 2. The van der Waals surface area contributed by atoms with E-state index in [9.17, 15) is 9.00 Å². The first kappa shape index (κ1) is 15.4. The third kappa shape index (κ3) is 4.82. The lowest BCUT2D eigenvalue weighted by Crippen LogP contribution is -2.35. The Labute approximate surface area is 126 Å². The van der Waals surface area contributed by atoms with Crippen molar-refractivity contribution >= 4 is 16.7 Å². The van der Waals surface area contributed by atoms with Crippen LogP contribution in [0.3, 0.4) is 0 Å². The second-order valence-corrected chi connectivity index (χ2v) is 6.46. The van der Waals surface area contributed by atoms with Gasteiger partial charge >= 0.3 is 0 Å². The minimum absolute atomic E-state index is 0.0265. The molecule has 0 radical (unpaired) electrons. The molecule has 0 aliphatic rings. The number of carbonyl (C=O) groups is 1. The molecule has 0 saturated carbocycles. The fourth-order valence-corrected chi connectivity index (χ4v) is 2.73. The molecule has 2 aromatic rings. The number of carbonyl (C=O) groups excluding carboxylic acids is 1. The molecule has 1 heterocycles. The summed E-state index contributed by atoms with van der Waals surface area (Å²) in [6, 6.07) is 9.07. The molecule has 2 unspecified atom stereocenters. The molecule has 112 valence electrons. The van der Waals surface area contributed by atoms with E-state index in [1.54, 1.807) is 29.3 Å². The zero-order valence-electron chi connectivity index (χ0n) is 12.2. The van der Waals surface area contributed by atoms with Gasteiger partial charge in [-0.05, 0) is 30.7 Å². The van der Waals surface area contributed by atoms with Crippen LogP contribution in [0.5, 0.6) is 0 Å². The fourth-order valence-electron chi connectivity index (χ4n) is 2.08. The van der Waals surface area contributed by atoms with Crippen molar-refractivity contribution in [2.45, 2.75) is 25.3 Å². The van der Waals surface area contributed by atoms with Crippen LogP contribution in [0.1, 0.15) is 22.8 Å². The highest BCUT2D eigenvalue weighted by molar-refractivity contribution is 7.83. The number of amides is 1. The highest BCUT2D eigenvalue weighted by Gasteiger charge is 2.11. The molecular formula is C15H19N3O2S. The zero-order valence-corrected chi connectivity index (χ0v) is 13.0. The van der Waals surface area contributed by atoms with Crippen LogP contribution < -0.4 is 5.32 Å². The smallest absolute Gasteiger partial charge is 0.251 e. The average molecular weight is 305 g/mol. The van der Waals surface area contributed by atoms with Crippen LogP contribution in [0.2, 0.25) is 0 Å². The van der Waals surface area contributed by atoms with E-state index in [4.69, 9.17) is 0 Å². The Hall–Kier alpha value is -1.95. The standard InChI is InChI=1S/C15H19N3O2S/c1-12(10-18-8-4-7-16-18)17-15(19)14-6-3-5-13(9-14)11-21(2)20/h3-9,12H,10-11H2,1-2H3,(H,17,19). The van der Waals surface area contributed by atoms with Crippen molar-refractivity contribution in [3.05, 3.63) is 53.9 Å². The molecule has 1 aromatic heterocycles. The number of aromatic nitrogens is 2. The maximum atomic E-state index is 12.2. The molecule has 1 aromatic carbocycles. The van der Waals surface area contributed by atoms with Gasteiger partial charge in [0.1, 0.15) is 0 Å². The van der Waals surface area contributed by atoms with E-state index in [1.165, 1.54) is 0 Å². The fraction of sp³-hybridized carbons (Fsp3) is 0.333. The number of benzene rings is 1. The molecule has 21 heavy (non-hydrogen) atoms. The first-order valence-electron chi connectivity index (χ1n) is 6.72. The number of rotatable bonds is 6. The Balaban J connectivity index is 1.97. The van der Waals surface area contributed by atoms with Crippen molar-refractivity contribution in [3.8, 4) is 0 Å². The van der Waals surface area contributed by atoms with Crippen molar-refractivity contribution in [2.75, 3.05) is 6.26 Å². The Morgan fingerprint density at radius 2 is 2.24 bits per heavy atom. The summed E-state index contributed by atoms with van der Waals surface area (Å²) in [6.45, 7) is 2.56. The van der Waals surface area contributed by atoms with Gasteiger partial charge in [-0.15, -0.1) is 0 Å². The van der Waals surface area contributed by atoms with E-state index >= 15 is 0 Å². The molecule has 2 rings (SSSR count). The first-order valence-corrected chi connectivity index (χ1v) is 8.44. The Bertz CT molecular complexity index is 626. The van der Waals surface area contributed by atoms with Crippen molar-refractivity contribution in [3.63, 3.8) is 0 Å².